The summed E-state index contributed by atoms with van der Waals surface area (Å²) in [5, 5.41) is 0.722. The minimum Gasteiger partial charge on any atom is -0.378 e. The zero-order chi connectivity index (χ0) is 17.3. The van der Waals surface area contributed by atoms with Crippen LogP contribution in [0.2, 0.25) is 0 Å². The Morgan fingerprint density at radius 2 is 1.88 bits per heavy atom. The van der Waals surface area contributed by atoms with E-state index in [2.05, 4.69) is 38.7 Å². The molecule has 1 aliphatic heterocycles. The fourth-order valence-corrected chi connectivity index (χ4v) is 3.45. The van der Waals surface area contributed by atoms with Crippen molar-refractivity contribution < 1.29 is 4.79 Å². The lowest BCUT2D eigenvalue weighted by atomic mass is 10.2. The van der Waals surface area contributed by atoms with Crippen molar-refractivity contribution in [2.24, 2.45) is 4.99 Å². The van der Waals surface area contributed by atoms with Gasteiger partial charge in [-0.25, -0.2) is 0 Å². The van der Waals surface area contributed by atoms with Crippen LogP contribution in [-0.2, 0) is 4.79 Å². The van der Waals surface area contributed by atoms with Crippen molar-refractivity contribution in [2.75, 3.05) is 33.1 Å². The molecule has 0 bridgehead atoms. The number of nitrogens with zero attached hydrogens (tertiary/aromatic N) is 4. The molecule has 3 rings (SSSR count). The van der Waals surface area contributed by atoms with E-state index in [4.69, 9.17) is 0 Å². The van der Waals surface area contributed by atoms with Crippen LogP contribution in [0, 0.1) is 0 Å². The Hall–Kier alpha value is -2.47. The summed E-state index contributed by atoms with van der Waals surface area (Å²) in [5.41, 5.74) is 3.18. The molecule has 1 aromatic heterocycles. The van der Waals surface area contributed by atoms with Crippen LogP contribution < -0.4 is 4.90 Å². The Bertz CT molecular complexity index is 818. The first-order chi connectivity index (χ1) is 11.5. The quantitative estimate of drug-likeness (QED) is 0.806. The molecule has 2 aromatic rings. The van der Waals surface area contributed by atoms with E-state index >= 15 is 0 Å². The lowest BCUT2D eigenvalue weighted by Gasteiger charge is -2.13. The molecule has 5 nitrogen and oxygen atoms in total. The molecule has 1 amide bonds. The summed E-state index contributed by atoms with van der Waals surface area (Å²) < 4.78 is 2.07. The number of thioether (sulfide) groups is 1. The van der Waals surface area contributed by atoms with Gasteiger partial charge in [-0.1, -0.05) is 0 Å². The molecule has 1 aromatic carbocycles. The van der Waals surface area contributed by atoms with Crippen LogP contribution in [0.15, 0.2) is 52.5 Å². The SMILES string of the molecule is CN=C1SC(=Cc2cccn2-c2ccc(N(C)C)cc2)C(=O)N1C. The Morgan fingerprint density at radius 1 is 1.17 bits per heavy atom. The van der Waals surface area contributed by atoms with Gasteiger partial charge in [0.25, 0.3) is 5.91 Å². The molecule has 0 aliphatic carbocycles. The number of hydrogen-bond acceptors (Lipinski definition) is 4. The number of carbonyl (C=O) groups is 1. The summed E-state index contributed by atoms with van der Waals surface area (Å²) in [6, 6.07) is 12.3. The van der Waals surface area contributed by atoms with Gasteiger partial charge < -0.3 is 9.47 Å². The number of amides is 1. The van der Waals surface area contributed by atoms with Crippen LogP contribution in [0.3, 0.4) is 0 Å². The monoisotopic (exact) mass is 340 g/mol. The lowest BCUT2D eigenvalue weighted by Crippen LogP contribution is -2.23. The van der Waals surface area contributed by atoms with E-state index < -0.39 is 0 Å². The van der Waals surface area contributed by atoms with E-state index in [0.29, 0.717) is 4.91 Å². The molecule has 1 aliphatic rings. The Balaban J connectivity index is 1.94. The molecule has 0 saturated carbocycles. The number of hydrogen-bond donors (Lipinski definition) is 0. The third-order valence-electron chi connectivity index (χ3n) is 3.90. The molecule has 0 spiro atoms. The molecule has 24 heavy (non-hydrogen) atoms. The number of aliphatic imine (C=N–C) groups is 1. The van der Waals surface area contributed by atoms with Gasteiger partial charge in [0.1, 0.15) is 0 Å². The van der Waals surface area contributed by atoms with Gasteiger partial charge in [-0.2, -0.15) is 0 Å². The highest BCUT2D eigenvalue weighted by Gasteiger charge is 2.29. The second kappa shape index (κ2) is 6.57. The van der Waals surface area contributed by atoms with E-state index in [1.54, 1.807) is 19.0 Å². The van der Waals surface area contributed by atoms with Gasteiger partial charge in [0.2, 0.25) is 0 Å². The van der Waals surface area contributed by atoms with Gasteiger partial charge in [0, 0.05) is 51.5 Å². The number of rotatable bonds is 3. The van der Waals surface area contributed by atoms with Gasteiger partial charge in [-0.3, -0.25) is 14.7 Å². The second-order valence-electron chi connectivity index (χ2n) is 5.69. The van der Waals surface area contributed by atoms with Crippen LogP contribution in [-0.4, -0.2) is 48.7 Å². The van der Waals surface area contributed by atoms with Crippen molar-refractivity contribution in [2.45, 2.75) is 0 Å². The molecule has 6 heteroatoms. The average molecular weight is 340 g/mol. The van der Waals surface area contributed by atoms with Crippen molar-refractivity contribution in [1.29, 1.82) is 0 Å². The fourth-order valence-electron chi connectivity index (χ4n) is 2.54. The fraction of sp³-hybridized carbons (Fsp3) is 0.222. The zero-order valence-corrected chi connectivity index (χ0v) is 15.0. The van der Waals surface area contributed by atoms with Crippen molar-refractivity contribution in [3.63, 3.8) is 0 Å². The molecule has 2 heterocycles. The number of carbonyl (C=O) groups excluding carboxylic acids is 1. The first-order valence-electron chi connectivity index (χ1n) is 7.61. The van der Waals surface area contributed by atoms with Crippen LogP contribution in [0.5, 0.6) is 0 Å². The summed E-state index contributed by atoms with van der Waals surface area (Å²) in [7, 11) is 7.49. The van der Waals surface area contributed by atoms with Gasteiger partial charge in [-0.15, -0.1) is 0 Å². The van der Waals surface area contributed by atoms with Crippen molar-refractivity contribution in [3.8, 4) is 5.69 Å². The third kappa shape index (κ3) is 2.97. The van der Waals surface area contributed by atoms with Gasteiger partial charge >= 0.3 is 0 Å². The molecular weight excluding hydrogens is 320 g/mol. The number of aromatic nitrogens is 1. The number of amidine groups is 1. The lowest BCUT2D eigenvalue weighted by molar-refractivity contribution is -0.121. The number of benzene rings is 1. The standard InChI is InChI=1S/C18H20N4OS/c1-19-18-21(4)17(23)16(24-18)12-15-6-5-11-22(15)14-9-7-13(8-10-14)20(2)3/h5-12H,1-4H3. The topological polar surface area (TPSA) is 40.8 Å². The Kier molecular flexibility index (Phi) is 4.49. The maximum atomic E-state index is 12.3. The third-order valence-corrected chi connectivity index (χ3v) is 5.05. The minimum absolute atomic E-state index is 0.0173. The highest BCUT2D eigenvalue weighted by Crippen LogP contribution is 2.31. The van der Waals surface area contributed by atoms with Gasteiger partial charge in [-0.05, 0) is 54.2 Å². The molecule has 0 N–H and O–H groups in total. The first kappa shape index (κ1) is 16.4. The first-order valence-corrected chi connectivity index (χ1v) is 8.42. The van der Waals surface area contributed by atoms with E-state index in [-0.39, 0.29) is 5.91 Å². The highest BCUT2D eigenvalue weighted by molar-refractivity contribution is 8.18. The zero-order valence-electron chi connectivity index (χ0n) is 14.2. The van der Waals surface area contributed by atoms with E-state index in [0.717, 1.165) is 22.2 Å². The molecule has 1 fully saturated rings. The smallest absolute Gasteiger partial charge is 0.266 e. The van der Waals surface area contributed by atoms with Crippen molar-refractivity contribution in [3.05, 3.63) is 53.2 Å². The van der Waals surface area contributed by atoms with Gasteiger partial charge in [0.05, 0.1) is 4.91 Å². The highest BCUT2D eigenvalue weighted by atomic mass is 32.2. The van der Waals surface area contributed by atoms with Crippen LogP contribution in [0.25, 0.3) is 11.8 Å². The molecule has 1 saturated heterocycles. The number of anilines is 1. The maximum absolute atomic E-state index is 12.3. The van der Waals surface area contributed by atoms with E-state index in [1.165, 1.54) is 11.8 Å². The summed E-state index contributed by atoms with van der Waals surface area (Å²) >= 11 is 1.40. The minimum atomic E-state index is -0.0173. The number of likely N-dealkylation sites (N-methyl/N-ethyl adjacent to an activating group) is 1. The Labute approximate surface area is 146 Å². The summed E-state index contributed by atoms with van der Waals surface area (Å²) in [6.07, 6.45) is 3.92. The average Bonchev–Trinajstić information content (AvgIpc) is 3.15. The largest absolute Gasteiger partial charge is 0.378 e. The van der Waals surface area contributed by atoms with Gasteiger partial charge in [0.15, 0.2) is 5.17 Å². The molecular formula is C18H20N4OS. The van der Waals surface area contributed by atoms with Crippen LogP contribution in [0.1, 0.15) is 5.69 Å². The summed E-state index contributed by atoms with van der Waals surface area (Å²) in [4.78, 5) is 20.8. The maximum Gasteiger partial charge on any atom is 0.266 e. The molecule has 124 valence electrons. The Morgan fingerprint density at radius 3 is 2.46 bits per heavy atom. The van der Waals surface area contributed by atoms with E-state index in [9.17, 15) is 4.79 Å². The summed E-state index contributed by atoms with van der Waals surface area (Å²) in [6.45, 7) is 0. The predicted molar refractivity (Wildman–Crippen MR) is 102 cm³/mol. The van der Waals surface area contributed by atoms with Crippen LogP contribution >= 0.6 is 11.8 Å². The normalized spacial score (nSPS) is 18.0. The molecule has 0 radical (unpaired) electrons. The second-order valence-corrected chi connectivity index (χ2v) is 6.70. The van der Waals surface area contributed by atoms with Crippen molar-refractivity contribution >= 4 is 34.6 Å². The van der Waals surface area contributed by atoms with E-state index in [1.807, 2.05) is 38.5 Å². The van der Waals surface area contributed by atoms with Crippen LogP contribution in [0.4, 0.5) is 5.69 Å². The molecule has 0 atom stereocenters. The predicted octanol–water partition coefficient (Wildman–Crippen LogP) is 3.08. The molecule has 0 unspecified atom stereocenters. The van der Waals surface area contributed by atoms with Crippen molar-refractivity contribution in [1.82, 2.24) is 9.47 Å². The summed E-state index contributed by atoms with van der Waals surface area (Å²) in [5.74, 6) is -0.0173.